The SMILES string of the molecule is COCC1CCCN(c2cccc(Br)c2C(=N)N)C1. The minimum atomic E-state index is 0.108. The molecule has 1 saturated heterocycles. The quantitative estimate of drug-likeness (QED) is 0.660. The van der Waals surface area contributed by atoms with E-state index < -0.39 is 0 Å². The van der Waals surface area contributed by atoms with Gasteiger partial charge in [-0.05, 0) is 46.8 Å². The van der Waals surface area contributed by atoms with Crippen LogP contribution in [0.25, 0.3) is 0 Å². The number of benzene rings is 1. The van der Waals surface area contributed by atoms with Gasteiger partial charge < -0.3 is 15.4 Å². The summed E-state index contributed by atoms with van der Waals surface area (Å²) in [6.07, 6.45) is 2.35. The van der Waals surface area contributed by atoms with E-state index in [1.165, 1.54) is 6.42 Å². The largest absolute Gasteiger partial charge is 0.384 e. The third kappa shape index (κ3) is 3.28. The highest BCUT2D eigenvalue weighted by molar-refractivity contribution is 9.10. The zero-order valence-corrected chi connectivity index (χ0v) is 12.7. The number of nitrogens with one attached hydrogen (secondary N) is 1. The van der Waals surface area contributed by atoms with Crippen molar-refractivity contribution in [3.63, 3.8) is 0 Å². The highest BCUT2D eigenvalue weighted by atomic mass is 79.9. The summed E-state index contributed by atoms with van der Waals surface area (Å²) in [5.74, 6) is 0.661. The Hall–Kier alpha value is -1.07. The van der Waals surface area contributed by atoms with E-state index in [-0.39, 0.29) is 5.84 Å². The Bertz CT molecular complexity index is 462. The molecule has 0 radical (unpaired) electrons. The molecule has 1 aliphatic rings. The molecule has 0 amide bonds. The van der Waals surface area contributed by atoms with Gasteiger partial charge in [0.05, 0.1) is 12.2 Å². The highest BCUT2D eigenvalue weighted by Gasteiger charge is 2.23. The predicted octanol–water partition coefficient (Wildman–Crippen LogP) is 2.60. The normalized spacial score (nSPS) is 19.5. The topological polar surface area (TPSA) is 62.3 Å². The average Bonchev–Trinajstić information content (AvgIpc) is 2.38. The van der Waals surface area contributed by atoms with Crippen molar-refractivity contribution >= 4 is 27.5 Å². The zero-order chi connectivity index (χ0) is 13.8. The van der Waals surface area contributed by atoms with Gasteiger partial charge in [0.15, 0.2) is 0 Å². The molecule has 5 heteroatoms. The van der Waals surface area contributed by atoms with Gasteiger partial charge in [0.2, 0.25) is 0 Å². The number of hydrogen-bond donors (Lipinski definition) is 2. The van der Waals surface area contributed by atoms with Gasteiger partial charge in [-0.2, -0.15) is 0 Å². The van der Waals surface area contributed by atoms with Crippen molar-refractivity contribution in [1.29, 1.82) is 5.41 Å². The molecule has 1 aromatic carbocycles. The molecule has 0 aromatic heterocycles. The Kier molecular flexibility index (Phi) is 4.82. The van der Waals surface area contributed by atoms with E-state index in [0.29, 0.717) is 5.92 Å². The first-order valence-corrected chi connectivity index (χ1v) is 7.29. The van der Waals surface area contributed by atoms with Crippen molar-refractivity contribution in [2.45, 2.75) is 12.8 Å². The van der Waals surface area contributed by atoms with Crippen molar-refractivity contribution in [2.75, 3.05) is 31.7 Å². The number of anilines is 1. The summed E-state index contributed by atoms with van der Waals surface area (Å²) >= 11 is 3.49. The Morgan fingerprint density at radius 3 is 3.05 bits per heavy atom. The summed E-state index contributed by atoms with van der Waals surface area (Å²) < 4.78 is 6.14. The third-order valence-corrected chi connectivity index (χ3v) is 4.18. The summed E-state index contributed by atoms with van der Waals surface area (Å²) in [4.78, 5) is 2.31. The lowest BCUT2D eigenvalue weighted by molar-refractivity contribution is 0.143. The van der Waals surface area contributed by atoms with E-state index in [2.05, 4.69) is 20.8 Å². The molecule has 1 unspecified atom stereocenters. The smallest absolute Gasteiger partial charge is 0.126 e. The molecule has 0 saturated carbocycles. The Morgan fingerprint density at radius 2 is 2.37 bits per heavy atom. The molecule has 1 fully saturated rings. The molecule has 3 N–H and O–H groups in total. The standard InChI is InChI=1S/C14H20BrN3O/c1-19-9-10-4-3-7-18(8-10)12-6-2-5-11(15)13(12)14(16)17/h2,5-6,10H,3-4,7-9H2,1H3,(H3,16,17). The Morgan fingerprint density at radius 1 is 1.58 bits per heavy atom. The van der Waals surface area contributed by atoms with Gasteiger partial charge in [0.25, 0.3) is 0 Å². The second-order valence-electron chi connectivity index (χ2n) is 4.96. The van der Waals surface area contributed by atoms with Crippen LogP contribution in [-0.4, -0.2) is 32.6 Å². The van der Waals surface area contributed by atoms with Crippen LogP contribution in [0.2, 0.25) is 0 Å². The molecule has 1 aliphatic heterocycles. The van der Waals surface area contributed by atoms with E-state index in [9.17, 15) is 0 Å². The minimum absolute atomic E-state index is 0.108. The number of ether oxygens (including phenoxy) is 1. The number of halogens is 1. The lowest BCUT2D eigenvalue weighted by atomic mass is 9.97. The summed E-state index contributed by atoms with van der Waals surface area (Å²) in [6, 6.07) is 5.96. The molecule has 1 heterocycles. The van der Waals surface area contributed by atoms with Crippen molar-refractivity contribution in [3.05, 3.63) is 28.2 Å². The molecular formula is C14H20BrN3O. The molecule has 1 atom stereocenters. The number of methoxy groups -OCH3 is 1. The average molecular weight is 326 g/mol. The lowest BCUT2D eigenvalue weighted by Crippen LogP contribution is -2.38. The fraction of sp³-hybridized carbons (Fsp3) is 0.500. The molecule has 104 valence electrons. The molecule has 1 aromatic rings. The number of rotatable bonds is 4. The van der Waals surface area contributed by atoms with Gasteiger partial charge in [-0.3, -0.25) is 5.41 Å². The number of piperidine rings is 1. The lowest BCUT2D eigenvalue weighted by Gasteiger charge is -2.35. The van der Waals surface area contributed by atoms with Crippen LogP contribution in [0, 0.1) is 11.3 Å². The summed E-state index contributed by atoms with van der Waals surface area (Å²) in [6.45, 7) is 2.77. The van der Waals surface area contributed by atoms with Gasteiger partial charge in [-0.1, -0.05) is 6.07 Å². The van der Waals surface area contributed by atoms with Crippen LogP contribution in [0.4, 0.5) is 5.69 Å². The molecule has 0 aliphatic carbocycles. The van der Waals surface area contributed by atoms with Crippen molar-refractivity contribution < 1.29 is 4.74 Å². The molecule has 0 bridgehead atoms. The monoisotopic (exact) mass is 325 g/mol. The number of amidine groups is 1. The number of nitrogens with zero attached hydrogens (tertiary/aromatic N) is 1. The van der Waals surface area contributed by atoms with Crippen LogP contribution in [0.3, 0.4) is 0 Å². The maximum Gasteiger partial charge on any atom is 0.126 e. The van der Waals surface area contributed by atoms with Gasteiger partial charge in [-0.15, -0.1) is 0 Å². The van der Waals surface area contributed by atoms with Gasteiger partial charge in [0.1, 0.15) is 5.84 Å². The number of nitrogen functional groups attached to an aromatic ring is 1. The van der Waals surface area contributed by atoms with Crippen LogP contribution in [0.5, 0.6) is 0 Å². The maximum absolute atomic E-state index is 7.76. The van der Waals surface area contributed by atoms with Crippen molar-refractivity contribution in [3.8, 4) is 0 Å². The fourth-order valence-electron chi connectivity index (χ4n) is 2.70. The summed E-state index contributed by atoms with van der Waals surface area (Å²) in [7, 11) is 1.75. The van der Waals surface area contributed by atoms with Gasteiger partial charge >= 0.3 is 0 Å². The fourth-order valence-corrected chi connectivity index (χ4v) is 3.27. The molecular weight excluding hydrogens is 306 g/mol. The maximum atomic E-state index is 7.76. The highest BCUT2D eigenvalue weighted by Crippen LogP contribution is 2.30. The van der Waals surface area contributed by atoms with Crippen LogP contribution >= 0.6 is 15.9 Å². The summed E-state index contributed by atoms with van der Waals surface area (Å²) in [5, 5.41) is 7.76. The van der Waals surface area contributed by atoms with Crippen molar-refractivity contribution in [1.82, 2.24) is 0 Å². The second kappa shape index (κ2) is 6.39. The van der Waals surface area contributed by atoms with Crippen LogP contribution in [-0.2, 0) is 4.74 Å². The first-order valence-electron chi connectivity index (χ1n) is 6.50. The van der Waals surface area contributed by atoms with E-state index in [4.69, 9.17) is 15.9 Å². The van der Waals surface area contributed by atoms with E-state index in [1.807, 2.05) is 18.2 Å². The Balaban J connectivity index is 2.26. The van der Waals surface area contributed by atoms with Crippen LogP contribution < -0.4 is 10.6 Å². The van der Waals surface area contributed by atoms with Gasteiger partial charge in [0, 0.05) is 30.4 Å². The second-order valence-corrected chi connectivity index (χ2v) is 5.81. The predicted molar refractivity (Wildman–Crippen MR) is 82.0 cm³/mol. The minimum Gasteiger partial charge on any atom is -0.384 e. The first kappa shape index (κ1) is 14.3. The Labute approximate surface area is 122 Å². The van der Waals surface area contributed by atoms with Crippen LogP contribution in [0.15, 0.2) is 22.7 Å². The summed E-state index contributed by atoms with van der Waals surface area (Å²) in [5.41, 5.74) is 7.55. The van der Waals surface area contributed by atoms with E-state index in [1.54, 1.807) is 7.11 Å². The van der Waals surface area contributed by atoms with E-state index in [0.717, 1.165) is 41.8 Å². The number of nitrogens with two attached hydrogens (primary N) is 1. The first-order chi connectivity index (χ1) is 9.13. The molecule has 19 heavy (non-hydrogen) atoms. The number of hydrogen-bond acceptors (Lipinski definition) is 3. The van der Waals surface area contributed by atoms with Crippen molar-refractivity contribution in [2.24, 2.45) is 11.7 Å². The zero-order valence-electron chi connectivity index (χ0n) is 11.2. The van der Waals surface area contributed by atoms with E-state index >= 15 is 0 Å². The van der Waals surface area contributed by atoms with Crippen LogP contribution in [0.1, 0.15) is 18.4 Å². The molecule has 0 spiro atoms. The van der Waals surface area contributed by atoms with Gasteiger partial charge in [-0.25, -0.2) is 0 Å². The molecule has 2 rings (SSSR count). The molecule has 4 nitrogen and oxygen atoms in total. The third-order valence-electron chi connectivity index (χ3n) is 3.52.